The number of hydrogen-bond acceptors (Lipinski definition) is 2. The normalized spacial score (nSPS) is 23.3. The van der Waals surface area contributed by atoms with E-state index in [0.29, 0.717) is 0 Å². The first-order valence-electron chi connectivity index (χ1n) is 4.19. The van der Waals surface area contributed by atoms with Crippen molar-refractivity contribution in [3.8, 4) is 12.3 Å². The smallest absolute Gasteiger partial charge is 0.234 e. The molecule has 3 heteroatoms. The van der Waals surface area contributed by atoms with Gasteiger partial charge >= 0.3 is 0 Å². The van der Waals surface area contributed by atoms with Gasteiger partial charge in [-0.25, -0.2) is 0 Å². The first-order chi connectivity index (χ1) is 5.75. The third-order valence-electron chi connectivity index (χ3n) is 2.07. The van der Waals surface area contributed by atoms with Gasteiger partial charge in [-0.2, -0.15) is 0 Å². The van der Waals surface area contributed by atoms with Crippen LogP contribution < -0.4 is 5.32 Å². The Hall–Kier alpha value is -1.01. The summed E-state index contributed by atoms with van der Waals surface area (Å²) in [4.78, 5) is 13.2. The molecule has 1 rings (SSSR count). The molecular formula is C9H14N2O. The number of rotatable bonds is 1. The Bertz CT molecular complexity index is 207. The number of terminal acetylenes is 1. The van der Waals surface area contributed by atoms with Crippen LogP contribution in [0, 0.1) is 12.3 Å². The lowest BCUT2D eigenvalue weighted by Gasteiger charge is -2.33. The van der Waals surface area contributed by atoms with E-state index in [9.17, 15) is 4.79 Å². The molecule has 1 atom stereocenters. The third-order valence-corrected chi connectivity index (χ3v) is 2.07. The van der Waals surface area contributed by atoms with Gasteiger partial charge in [-0.15, -0.1) is 6.42 Å². The molecule has 1 aliphatic rings. The molecule has 0 spiro atoms. The topological polar surface area (TPSA) is 32.3 Å². The molecule has 0 saturated carbocycles. The quantitative estimate of drug-likeness (QED) is 0.548. The predicted octanol–water partition coefficient (Wildman–Crippen LogP) is -0.170. The number of amides is 1. The van der Waals surface area contributed by atoms with Crippen LogP contribution in [0.2, 0.25) is 0 Å². The van der Waals surface area contributed by atoms with E-state index in [-0.39, 0.29) is 18.4 Å². The molecule has 0 aliphatic carbocycles. The van der Waals surface area contributed by atoms with E-state index in [4.69, 9.17) is 6.42 Å². The van der Waals surface area contributed by atoms with Crippen LogP contribution in [-0.4, -0.2) is 36.5 Å². The minimum atomic E-state index is 0.0755. The number of nitrogens with zero attached hydrogens (tertiary/aromatic N) is 1. The van der Waals surface area contributed by atoms with Crippen molar-refractivity contribution in [2.45, 2.75) is 19.4 Å². The second-order valence-electron chi connectivity index (χ2n) is 3.02. The molecule has 0 aromatic heterocycles. The van der Waals surface area contributed by atoms with E-state index < -0.39 is 0 Å². The van der Waals surface area contributed by atoms with Gasteiger partial charge in [0.2, 0.25) is 5.91 Å². The number of carbonyl (C=O) groups is 1. The standard InChI is InChI=1S/C9H14N2O/c1-3-4-9(12)11-6-5-10-7-8(11)2/h1,8,10H,4-7H2,2H3/t8-/m0/s1. The molecule has 12 heavy (non-hydrogen) atoms. The molecule has 0 bridgehead atoms. The summed E-state index contributed by atoms with van der Waals surface area (Å²) in [5, 5.41) is 3.22. The summed E-state index contributed by atoms with van der Waals surface area (Å²) in [6, 6.07) is 0.277. The lowest BCUT2D eigenvalue weighted by Crippen LogP contribution is -2.52. The van der Waals surface area contributed by atoms with Crippen LogP contribution in [0.25, 0.3) is 0 Å². The lowest BCUT2D eigenvalue weighted by molar-refractivity contribution is -0.132. The zero-order chi connectivity index (χ0) is 8.97. The molecule has 1 fully saturated rings. The van der Waals surface area contributed by atoms with Gasteiger partial charge in [-0.05, 0) is 6.92 Å². The van der Waals surface area contributed by atoms with Crippen molar-refractivity contribution in [1.29, 1.82) is 0 Å². The molecule has 3 nitrogen and oxygen atoms in total. The van der Waals surface area contributed by atoms with E-state index in [0.717, 1.165) is 19.6 Å². The summed E-state index contributed by atoms with van der Waals surface area (Å²) in [6.07, 6.45) is 5.29. The van der Waals surface area contributed by atoms with Crippen LogP contribution in [0.4, 0.5) is 0 Å². The summed E-state index contributed by atoms with van der Waals surface area (Å²) in [5.41, 5.74) is 0. The fraction of sp³-hybridized carbons (Fsp3) is 0.667. The van der Waals surface area contributed by atoms with Crippen LogP contribution in [0.5, 0.6) is 0 Å². The Morgan fingerprint density at radius 3 is 3.17 bits per heavy atom. The van der Waals surface area contributed by atoms with Gasteiger partial charge in [0.1, 0.15) is 0 Å². The highest BCUT2D eigenvalue weighted by molar-refractivity contribution is 5.79. The molecule has 1 amide bonds. The van der Waals surface area contributed by atoms with Crippen molar-refractivity contribution in [3.63, 3.8) is 0 Å². The van der Waals surface area contributed by atoms with Gasteiger partial charge in [0.25, 0.3) is 0 Å². The molecule has 0 unspecified atom stereocenters. The van der Waals surface area contributed by atoms with Crippen molar-refractivity contribution < 1.29 is 4.79 Å². The molecule has 0 aromatic rings. The van der Waals surface area contributed by atoms with Crippen molar-refractivity contribution in [2.75, 3.05) is 19.6 Å². The summed E-state index contributed by atoms with van der Waals surface area (Å²) >= 11 is 0. The van der Waals surface area contributed by atoms with Crippen molar-refractivity contribution in [2.24, 2.45) is 0 Å². The second kappa shape index (κ2) is 4.13. The van der Waals surface area contributed by atoms with Crippen LogP contribution in [0.3, 0.4) is 0 Å². The molecule has 0 radical (unpaired) electrons. The maximum Gasteiger partial charge on any atom is 0.234 e. The van der Waals surface area contributed by atoms with Crippen LogP contribution in [0.1, 0.15) is 13.3 Å². The van der Waals surface area contributed by atoms with E-state index in [1.54, 1.807) is 0 Å². The monoisotopic (exact) mass is 166 g/mol. The molecule has 1 heterocycles. The van der Waals surface area contributed by atoms with Crippen molar-refractivity contribution in [1.82, 2.24) is 10.2 Å². The van der Waals surface area contributed by atoms with Gasteiger partial charge in [0.05, 0.1) is 6.42 Å². The van der Waals surface area contributed by atoms with Gasteiger partial charge in [-0.3, -0.25) is 4.79 Å². The first kappa shape index (κ1) is 9.08. The molecule has 66 valence electrons. The highest BCUT2D eigenvalue weighted by atomic mass is 16.2. The Morgan fingerprint density at radius 2 is 2.58 bits per heavy atom. The summed E-state index contributed by atoms with van der Waals surface area (Å²) in [6.45, 7) is 4.55. The van der Waals surface area contributed by atoms with E-state index in [1.165, 1.54) is 0 Å². The predicted molar refractivity (Wildman–Crippen MR) is 47.5 cm³/mol. The van der Waals surface area contributed by atoms with E-state index in [2.05, 4.69) is 11.2 Å². The molecule has 1 saturated heterocycles. The highest BCUT2D eigenvalue weighted by Gasteiger charge is 2.21. The average molecular weight is 166 g/mol. The second-order valence-corrected chi connectivity index (χ2v) is 3.02. The zero-order valence-corrected chi connectivity index (χ0v) is 7.34. The van der Waals surface area contributed by atoms with E-state index in [1.807, 2.05) is 11.8 Å². The minimum Gasteiger partial charge on any atom is -0.337 e. The fourth-order valence-corrected chi connectivity index (χ4v) is 1.40. The van der Waals surface area contributed by atoms with Crippen LogP contribution in [-0.2, 0) is 4.79 Å². The number of carbonyl (C=O) groups excluding carboxylic acids is 1. The summed E-state index contributed by atoms with van der Waals surface area (Å²) in [5.74, 6) is 2.45. The number of nitrogens with one attached hydrogen (secondary N) is 1. The maximum atomic E-state index is 11.4. The van der Waals surface area contributed by atoms with Crippen LogP contribution >= 0.6 is 0 Å². The summed E-state index contributed by atoms with van der Waals surface area (Å²) in [7, 11) is 0. The Kier molecular flexibility index (Phi) is 3.12. The first-order valence-corrected chi connectivity index (χ1v) is 4.19. The van der Waals surface area contributed by atoms with Gasteiger partial charge in [-0.1, -0.05) is 5.92 Å². The number of piperazine rings is 1. The van der Waals surface area contributed by atoms with Crippen molar-refractivity contribution in [3.05, 3.63) is 0 Å². The van der Waals surface area contributed by atoms with Gasteiger partial charge in [0.15, 0.2) is 0 Å². The van der Waals surface area contributed by atoms with Gasteiger partial charge < -0.3 is 10.2 Å². The van der Waals surface area contributed by atoms with E-state index >= 15 is 0 Å². The van der Waals surface area contributed by atoms with Crippen LogP contribution in [0.15, 0.2) is 0 Å². The SMILES string of the molecule is C#CCC(=O)N1CCNC[C@@H]1C. The largest absolute Gasteiger partial charge is 0.337 e. The Balaban J connectivity index is 2.49. The van der Waals surface area contributed by atoms with Crippen molar-refractivity contribution >= 4 is 5.91 Å². The molecule has 1 aliphatic heterocycles. The maximum absolute atomic E-state index is 11.4. The fourth-order valence-electron chi connectivity index (χ4n) is 1.40. The molecular weight excluding hydrogens is 152 g/mol. The Labute approximate surface area is 73.1 Å². The number of hydrogen-bond donors (Lipinski definition) is 1. The molecule has 0 aromatic carbocycles. The highest BCUT2D eigenvalue weighted by Crippen LogP contribution is 2.03. The zero-order valence-electron chi connectivity index (χ0n) is 7.34. The minimum absolute atomic E-state index is 0.0755. The molecule has 1 N–H and O–H groups in total. The lowest BCUT2D eigenvalue weighted by atomic mass is 10.2. The third kappa shape index (κ3) is 1.99. The summed E-state index contributed by atoms with van der Waals surface area (Å²) < 4.78 is 0. The Morgan fingerprint density at radius 1 is 1.83 bits per heavy atom. The van der Waals surface area contributed by atoms with Gasteiger partial charge in [0, 0.05) is 25.7 Å². The average Bonchev–Trinajstić information content (AvgIpc) is 2.05.